The van der Waals surface area contributed by atoms with Crippen molar-refractivity contribution in [2.75, 3.05) is 12.4 Å². The first-order valence-electron chi connectivity index (χ1n) is 9.44. The number of anilines is 1. The molecule has 1 amide bonds. The Labute approximate surface area is 182 Å². The molecule has 0 aliphatic heterocycles. The zero-order chi connectivity index (χ0) is 22.5. The molecule has 11 nitrogen and oxygen atoms in total. The summed E-state index contributed by atoms with van der Waals surface area (Å²) in [6.07, 6.45) is 5.05. The monoisotopic (exact) mass is 434 g/mol. The summed E-state index contributed by atoms with van der Waals surface area (Å²) in [5.74, 6) is 0.494. The van der Waals surface area contributed by atoms with Crippen LogP contribution in [-0.2, 0) is 6.67 Å². The van der Waals surface area contributed by atoms with Gasteiger partial charge < -0.3 is 14.8 Å². The SMILES string of the molecule is COc1ccccc1Oc1cc(NC(=O)c2ccn(Cn3cccn3)n2)cc([N+](=O)[O-])c1. The number of amides is 1. The van der Waals surface area contributed by atoms with E-state index in [1.807, 2.05) is 0 Å². The van der Waals surface area contributed by atoms with Crippen LogP contribution in [0, 0.1) is 10.1 Å². The fraction of sp³-hybridized carbons (Fsp3) is 0.0952. The van der Waals surface area contributed by atoms with Crippen LogP contribution in [0.2, 0.25) is 0 Å². The van der Waals surface area contributed by atoms with E-state index < -0.39 is 10.8 Å². The molecule has 162 valence electrons. The summed E-state index contributed by atoms with van der Waals surface area (Å²) in [5.41, 5.74) is 0.100. The van der Waals surface area contributed by atoms with Crippen molar-refractivity contribution < 1.29 is 19.2 Å². The van der Waals surface area contributed by atoms with Gasteiger partial charge >= 0.3 is 0 Å². The fourth-order valence-corrected chi connectivity index (χ4v) is 2.94. The van der Waals surface area contributed by atoms with Crippen molar-refractivity contribution in [3.63, 3.8) is 0 Å². The molecular weight excluding hydrogens is 416 g/mol. The van der Waals surface area contributed by atoms with Crippen LogP contribution in [0.1, 0.15) is 10.5 Å². The zero-order valence-electron chi connectivity index (χ0n) is 16.9. The molecule has 0 saturated carbocycles. The van der Waals surface area contributed by atoms with Gasteiger partial charge in [-0.1, -0.05) is 12.1 Å². The average Bonchev–Trinajstić information content (AvgIpc) is 3.46. The number of rotatable bonds is 8. The Morgan fingerprint density at radius 1 is 1.09 bits per heavy atom. The Balaban J connectivity index is 1.54. The van der Waals surface area contributed by atoms with Gasteiger partial charge in [0.2, 0.25) is 0 Å². The Hall–Kier alpha value is -4.67. The van der Waals surface area contributed by atoms with Gasteiger partial charge in [-0.15, -0.1) is 0 Å². The number of ether oxygens (including phenoxy) is 2. The lowest BCUT2D eigenvalue weighted by atomic mass is 10.2. The predicted octanol–water partition coefficient (Wildman–Crippen LogP) is 3.55. The maximum atomic E-state index is 12.6. The summed E-state index contributed by atoms with van der Waals surface area (Å²) in [5, 5.41) is 22.3. The maximum Gasteiger partial charge on any atom is 0.276 e. The fourth-order valence-electron chi connectivity index (χ4n) is 2.94. The number of nitrogens with one attached hydrogen (secondary N) is 1. The molecule has 0 atom stereocenters. The van der Waals surface area contributed by atoms with Gasteiger partial charge in [0.25, 0.3) is 11.6 Å². The molecule has 2 aromatic heterocycles. The topological polar surface area (TPSA) is 126 Å². The van der Waals surface area contributed by atoms with Gasteiger partial charge in [-0.3, -0.25) is 24.3 Å². The van der Waals surface area contributed by atoms with Crippen LogP contribution < -0.4 is 14.8 Å². The molecule has 0 radical (unpaired) electrons. The van der Waals surface area contributed by atoms with Gasteiger partial charge in [-0.25, -0.2) is 0 Å². The Bertz CT molecular complexity index is 1250. The molecule has 0 fully saturated rings. The highest BCUT2D eigenvalue weighted by Crippen LogP contribution is 2.34. The number of nitro groups is 1. The summed E-state index contributed by atoms with van der Waals surface area (Å²) in [7, 11) is 1.49. The van der Waals surface area contributed by atoms with E-state index in [2.05, 4.69) is 15.5 Å². The molecule has 4 rings (SSSR count). The molecule has 11 heteroatoms. The highest BCUT2D eigenvalue weighted by Gasteiger charge is 2.16. The second-order valence-electron chi connectivity index (χ2n) is 6.61. The summed E-state index contributed by atoms with van der Waals surface area (Å²) in [6.45, 7) is 0.341. The molecule has 2 heterocycles. The van der Waals surface area contributed by atoms with Gasteiger partial charge in [0.1, 0.15) is 12.4 Å². The van der Waals surface area contributed by atoms with E-state index in [1.54, 1.807) is 64.4 Å². The minimum absolute atomic E-state index is 0.149. The Morgan fingerprint density at radius 2 is 1.91 bits per heavy atom. The Kier molecular flexibility index (Phi) is 5.79. The number of carbonyl (C=O) groups is 1. The van der Waals surface area contributed by atoms with Crippen LogP contribution in [-0.4, -0.2) is 37.5 Å². The van der Waals surface area contributed by atoms with Crippen LogP contribution in [0.15, 0.2) is 73.2 Å². The number of nitrogens with zero attached hydrogens (tertiary/aromatic N) is 5. The zero-order valence-corrected chi connectivity index (χ0v) is 16.9. The number of para-hydroxylation sites is 2. The number of nitro benzene ring substituents is 1. The van der Waals surface area contributed by atoms with E-state index in [0.717, 1.165) is 0 Å². The van der Waals surface area contributed by atoms with Gasteiger partial charge in [0, 0.05) is 30.7 Å². The van der Waals surface area contributed by atoms with Gasteiger partial charge in [0.05, 0.1) is 23.8 Å². The van der Waals surface area contributed by atoms with E-state index in [-0.39, 0.29) is 22.8 Å². The minimum Gasteiger partial charge on any atom is -0.493 e. The van der Waals surface area contributed by atoms with Gasteiger partial charge in [0.15, 0.2) is 17.2 Å². The number of hydrogen-bond donors (Lipinski definition) is 1. The summed E-state index contributed by atoms with van der Waals surface area (Å²) < 4.78 is 14.2. The lowest BCUT2D eigenvalue weighted by molar-refractivity contribution is -0.384. The molecule has 0 aliphatic rings. The third kappa shape index (κ3) is 4.73. The normalized spacial score (nSPS) is 10.5. The number of methoxy groups -OCH3 is 1. The molecule has 1 N–H and O–H groups in total. The molecule has 0 aliphatic carbocycles. The summed E-state index contributed by atoms with van der Waals surface area (Å²) in [4.78, 5) is 23.5. The first kappa shape index (κ1) is 20.6. The lowest BCUT2D eigenvalue weighted by Crippen LogP contribution is -2.15. The van der Waals surface area contributed by atoms with Crippen molar-refractivity contribution in [3.8, 4) is 17.2 Å². The second-order valence-corrected chi connectivity index (χ2v) is 6.61. The third-order valence-corrected chi connectivity index (χ3v) is 4.38. The van der Waals surface area contributed by atoms with Gasteiger partial charge in [-0.05, 0) is 24.3 Å². The standard InChI is InChI=1S/C21H18N6O5/c1-31-19-5-2-3-6-20(19)32-17-12-15(11-16(13-17)27(29)30)23-21(28)18-7-10-26(24-18)14-25-9-4-8-22-25/h2-13H,14H2,1H3,(H,23,28). The molecular formula is C21H18N6O5. The molecule has 2 aromatic carbocycles. The van der Waals surface area contributed by atoms with E-state index in [0.29, 0.717) is 18.2 Å². The summed E-state index contributed by atoms with van der Waals surface area (Å²) >= 11 is 0. The number of benzene rings is 2. The van der Waals surface area contributed by atoms with Crippen LogP contribution in [0.25, 0.3) is 0 Å². The van der Waals surface area contributed by atoms with E-state index in [9.17, 15) is 14.9 Å². The highest BCUT2D eigenvalue weighted by atomic mass is 16.6. The van der Waals surface area contributed by atoms with E-state index >= 15 is 0 Å². The molecule has 32 heavy (non-hydrogen) atoms. The minimum atomic E-state index is -0.566. The van der Waals surface area contributed by atoms with Crippen molar-refractivity contribution in [2.45, 2.75) is 6.67 Å². The van der Waals surface area contributed by atoms with Crippen molar-refractivity contribution >= 4 is 17.3 Å². The van der Waals surface area contributed by atoms with Crippen molar-refractivity contribution in [2.24, 2.45) is 0 Å². The molecule has 0 spiro atoms. The first-order chi connectivity index (χ1) is 15.5. The van der Waals surface area contributed by atoms with Gasteiger partial charge in [-0.2, -0.15) is 10.2 Å². The van der Waals surface area contributed by atoms with Crippen LogP contribution in [0.5, 0.6) is 17.2 Å². The number of carbonyl (C=O) groups excluding carboxylic acids is 1. The smallest absolute Gasteiger partial charge is 0.276 e. The number of hydrogen-bond acceptors (Lipinski definition) is 7. The van der Waals surface area contributed by atoms with Crippen LogP contribution in [0.4, 0.5) is 11.4 Å². The highest BCUT2D eigenvalue weighted by molar-refractivity contribution is 6.03. The quantitative estimate of drug-likeness (QED) is 0.332. The third-order valence-electron chi connectivity index (χ3n) is 4.38. The maximum absolute atomic E-state index is 12.6. The molecule has 0 unspecified atom stereocenters. The first-order valence-corrected chi connectivity index (χ1v) is 9.44. The predicted molar refractivity (Wildman–Crippen MR) is 114 cm³/mol. The second kappa shape index (κ2) is 9.00. The molecule has 0 saturated heterocycles. The van der Waals surface area contributed by atoms with Crippen molar-refractivity contribution in [1.82, 2.24) is 19.6 Å². The van der Waals surface area contributed by atoms with Crippen molar-refractivity contribution in [1.29, 1.82) is 0 Å². The van der Waals surface area contributed by atoms with Crippen LogP contribution >= 0.6 is 0 Å². The lowest BCUT2D eigenvalue weighted by Gasteiger charge is -2.11. The number of aromatic nitrogens is 4. The molecule has 0 bridgehead atoms. The largest absolute Gasteiger partial charge is 0.493 e. The van der Waals surface area contributed by atoms with Crippen molar-refractivity contribution in [3.05, 3.63) is 89.0 Å². The van der Waals surface area contributed by atoms with E-state index in [1.165, 1.54) is 25.3 Å². The summed E-state index contributed by atoms with van der Waals surface area (Å²) in [6, 6.07) is 14.2. The van der Waals surface area contributed by atoms with Crippen LogP contribution in [0.3, 0.4) is 0 Å². The molecule has 4 aromatic rings. The Morgan fingerprint density at radius 3 is 2.62 bits per heavy atom. The average molecular weight is 434 g/mol. The number of non-ortho nitro benzene ring substituents is 1. The van der Waals surface area contributed by atoms with E-state index in [4.69, 9.17) is 9.47 Å².